The molecule has 3 aromatic rings. The number of benzene rings is 3. The van der Waals surface area contributed by atoms with Crippen LogP contribution in [0.1, 0.15) is 24.0 Å². The molecule has 0 aliphatic heterocycles. The molecule has 31 heavy (non-hydrogen) atoms. The van der Waals surface area contributed by atoms with Crippen LogP contribution in [0.3, 0.4) is 0 Å². The summed E-state index contributed by atoms with van der Waals surface area (Å²) in [6.45, 7) is 0. The predicted molar refractivity (Wildman–Crippen MR) is 116 cm³/mol. The fourth-order valence-electron chi connectivity index (χ4n) is 3.90. The quantitative estimate of drug-likeness (QED) is 0.409. The lowest BCUT2D eigenvalue weighted by Gasteiger charge is -2.44. The van der Waals surface area contributed by atoms with Gasteiger partial charge in [-0.15, -0.1) is 0 Å². The molecule has 3 aromatic carbocycles. The molecule has 1 aliphatic rings. The van der Waals surface area contributed by atoms with Crippen molar-refractivity contribution in [1.29, 1.82) is 0 Å². The van der Waals surface area contributed by atoms with Crippen molar-refractivity contribution in [2.75, 3.05) is 0 Å². The summed E-state index contributed by atoms with van der Waals surface area (Å²) < 4.78 is 17.4. The van der Waals surface area contributed by atoms with Crippen molar-refractivity contribution >= 4 is 28.1 Å². The Morgan fingerprint density at radius 2 is 1.42 bits per heavy atom. The summed E-state index contributed by atoms with van der Waals surface area (Å²) in [5, 5.41) is 22.4. The van der Waals surface area contributed by atoms with Gasteiger partial charge in [-0.05, 0) is 30.0 Å². The third-order valence-electron chi connectivity index (χ3n) is 5.49. The van der Waals surface area contributed by atoms with Gasteiger partial charge in [0, 0.05) is 11.8 Å². The van der Waals surface area contributed by atoms with Crippen molar-refractivity contribution in [1.82, 2.24) is 0 Å². The molecule has 1 aliphatic carbocycles. The zero-order chi connectivity index (χ0) is 22.0. The van der Waals surface area contributed by atoms with Crippen LogP contribution >= 0.6 is 0 Å². The first kappa shape index (κ1) is 20.5. The Bertz CT molecular complexity index is 1170. The van der Waals surface area contributed by atoms with E-state index in [0.717, 1.165) is 35.7 Å². The molecular formula is C22H17N3O5S. The Kier molecular flexibility index (Phi) is 5.43. The number of nitro groups is 2. The summed E-state index contributed by atoms with van der Waals surface area (Å²) in [6, 6.07) is 22.5. The van der Waals surface area contributed by atoms with Crippen molar-refractivity contribution in [3.63, 3.8) is 0 Å². The van der Waals surface area contributed by atoms with Gasteiger partial charge in [-0.2, -0.15) is 4.40 Å². The average Bonchev–Trinajstić information content (AvgIpc) is 2.78. The van der Waals surface area contributed by atoms with E-state index in [0.29, 0.717) is 12.1 Å². The van der Waals surface area contributed by atoms with E-state index in [-0.39, 0.29) is 4.90 Å². The molecule has 0 heterocycles. The predicted octanol–water partition coefficient (Wildman–Crippen LogP) is 4.75. The highest BCUT2D eigenvalue weighted by Crippen LogP contribution is 2.47. The first-order valence-corrected chi connectivity index (χ1v) is 10.6. The number of hydrogen-bond acceptors (Lipinski definition) is 5. The van der Waals surface area contributed by atoms with Crippen LogP contribution < -0.4 is 0 Å². The summed E-state index contributed by atoms with van der Waals surface area (Å²) in [5.74, 6) is 0. The maximum atomic E-state index is 13.1. The highest BCUT2D eigenvalue weighted by Gasteiger charge is 2.47. The smallest absolute Gasteiger partial charge is 0.258 e. The summed E-state index contributed by atoms with van der Waals surface area (Å²) >= 11 is 0. The first-order chi connectivity index (χ1) is 14.9. The van der Waals surface area contributed by atoms with Gasteiger partial charge in [-0.3, -0.25) is 20.2 Å². The Labute approximate surface area is 180 Å². The minimum atomic E-state index is -2.09. The summed E-state index contributed by atoms with van der Waals surface area (Å²) in [5.41, 5.74) is 1.08. The van der Waals surface area contributed by atoms with E-state index >= 15 is 0 Å². The molecule has 4 rings (SSSR count). The van der Waals surface area contributed by atoms with Crippen LogP contribution in [0, 0.1) is 20.2 Å². The lowest BCUT2D eigenvalue weighted by molar-refractivity contribution is -0.396. The molecule has 8 nitrogen and oxygen atoms in total. The van der Waals surface area contributed by atoms with Crippen LogP contribution in [0.5, 0.6) is 0 Å². The molecule has 0 amide bonds. The molecule has 1 unspecified atom stereocenters. The third-order valence-corrected chi connectivity index (χ3v) is 6.60. The molecule has 0 radical (unpaired) electrons. The molecule has 0 bridgehead atoms. The first-order valence-electron chi connectivity index (χ1n) is 9.47. The van der Waals surface area contributed by atoms with Gasteiger partial charge in [0.1, 0.15) is 4.90 Å². The molecule has 0 spiro atoms. The molecule has 0 saturated heterocycles. The highest BCUT2D eigenvalue weighted by molar-refractivity contribution is 7.84. The van der Waals surface area contributed by atoms with Crippen molar-refractivity contribution in [3.05, 3.63) is 110 Å². The molecule has 1 saturated carbocycles. The fourth-order valence-corrected chi connectivity index (χ4v) is 4.95. The zero-order valence-electron chi connectivity index (χ0n) is 16.2. The SMILES string of the molecule is O=[N+]([O-])c1ccc(S(=O)/N=C2\CCC2(c2ccccc2)c2ccccc2)c([N+](=O)[O-])c1. The van der Waals surface area contributed by atoms with Crippen LogP contribution in [0.4, 0.5) is 11.4 Å². The Morgan fingerprint density at radius 3 is 1.87 bits per heavy atom. The van der Waals surface area contributed by atoms with E-state index in [1.54, 1.807) is 0 Å². The van der Waals surface area contributed by atoms with E-state index in [9.17, 15) is 24.4 Å². The van der Waals surface area contributed by atoms with Gasteiger partial charge in [0.15, 0.2) is 11.0 Å². The number of nitro benzene ring substituents is 2. The van der Waals surface area contributed by atoms with Crippen LogP contribution in [-0.2, 0) is 16.4 Å². The van der Waals surface area contributed by atoms with Gasteiger partial charge < -0.3 is 0 Å². The monoisotopic (exact) mass is 435 g/mol. The molecule has 0 N–H and O–H groups in total. The number of rotatable bonds is 6. The van der Waals surface area contributed by atoms with Crippen LogP contribution in [0.25, 0.3) is 0 Å². The van der Waals surface area contributed by atoms with Crippen molar-refractivity contribution in [2.24, 2.45) is 4.40 Å². The van der Waals surface area contributed by atoms with Gasteiger partial charge in [0.05, 0.1) is 21.3 Å². The van der Waals surface area contributed by atoms with Gasteiger partial charge in [0.2, 0.25) is 0 Å². The normalized spacial score (nSPS) is 17.0. The second-order valence-electron chi connectivity index (χ2n) is 7.09. The lowest BCUT2D eigenvalue weighted by atomic mass is 9.59. The maximum Gasteiger partial charge on any atom is 0.294 e. The largest absolute Gasteiger partial charge is 0.294 e. The molecule has 0 aromatic heterocycles. The molecule has 156 valence electrons. The molecular weight excluding hydrogens is 418 g/mol. The Morgan fingerprint density at radius 1 is 0.839 bits per heavy atom. The van der Waals surface area contributed by atoms with Crippen molar-refractivity contribution < 1.29 is 14.1 Å². The van der Waals surface area contributed by atoms with E-state index in [4.69, 9.17) is 0 Å². The van der Waals surface area contributed by atoms with E-state index in [2.05, 4.69) is 4.40 Å². The van der Waals surface area contributed by atoms with E-state index in [1.165, 1.54) is 0 Å². The van der Waals surface area contributed by atoms with Gasteiger partial charge >= 0.3 is 0 Å². The number of nitrogens with zero attached hydrogens (tertiary/aromatic N) is 3. The fraction of sp³-hybridized carbons (Fsp3) is 0.136. The van der Waals surface area contributed by atoms with Crippen LogP contribution in [-0.4, -0.2) is 19.8 Å². The van der Waals surface area contributed by atoms with Crippen LogP contribution in [0.2, 0.25) is 0 Å². The van der Waals surface area contributed by atoms with Crippen LogP contribution in [0.15, 0.2) is 88.2 Å². The number of non-ortho nitro benzene ring substituents is 1. The second-order valence-corrected chi connectivity index (χ2v) is 8.21. The van der Waals surface area contributed by atoms with Gasteiger partial charge in [-0.1, -0.05) is 60.7 Å². The topological polar surface area (TPSA) is 116 Å². The van der Waals surface area contributed by atoms with Crippen molar-refractivity contribution in [3.8, 4) is 0 Å². The lowest BCUT2D eigenvalue weighted by Crippen LogP contribution is -2.46. The summed E-state index contributed by atoms with van der Waals surface area (Å²) in [4.78, 5) is 20.7. The average molecular weight is 435 g/mol. The molecule has 9 heteroatoms. The van der Waals surface area contributed by atoms with Gasteiger partial charge in [-0.25, -0.2) is 4.21 Å². The Hall–Kier alpha value is -3.72. The standard InChI is InChI=1S/C22H17N3O5S/c26-24(27)18-11-12-20(19(15-18)25(28)29)31(30)23-21-13-14-22(21,16-7-3-1-4-8-16)17-9-5-2-6-10-17/h1-12,15H,13-14H2/b23-21+. The molecule has 1 fully saturated rings. The third kappa shape index (κ3) is 3.64. The minimum absolute atomic E-state index is 0.162. The second kappa shape index (κ2) is 8.19. The van der Waals surface area contributed by atoms with Crippen molar-refractivity contribution in [2.45, 2.75) is 23.2 Å². The maximum absolute atomic E-state index is 13.1. The van der Waals surface area contributed by atoms with Gasteiger partial charge in [0.25, 0.3) is 11.4 Å². The summed E-state index contributed by atoms with van der Waals surface area (Å²) in [7, 11) is -2.09. The molecule has 1 atom stereocenters. The highest BCUT2D eigenvalue weighted by atomic mass is 32.2. The number of hydrogen-bond donors (Lipinski definition) is 0. The summed E-state index contributed by atoms with van der Waals surface area (Å²) in [6.07, 6.45) is 1.36. The Balaban J connectivity index is 1.80. The van der Waals surface area contributed by atoms with E-state index in [1.807, 2.05) is 60.7 Å². The van der Waals surface area contributed by atoms with E-state index < -0.39 is 37.6 Å². The minimum Gasteiger partial charge on any atom is -0.258 e. The zero-order valence-corrected chi connectivity index (χ0v) is 17.0.